The Bertz CT molecular complexity index is 952. The van der Waals surface area contributed by atoms with E-state index in [0.717, 1.165) is 23.9 Å². The van der Waals surface area contributed by atoms with E-state index in [1.807, 2.05) is 0 Å². The molecular formula is C19H18F3N3O5S. The number of carbonyl (C=O) groups is 2. The van der Waals surface area contributed by atoms with Crippen LogP contribution in [0.4, 0.5) is 18.9 Å². The van der Waals surface area contributed by atoms with E-state index in [2.05, 4.69) is 10.6 Å². The monoisotopic (exact) mass is 457 g/mol. The Morgan fingerprint density at radius 3 is 2.32 bits per heavy atom. The number of thioether (sulfide) groups is 1. The fourth-order valence-electron chi connectivity index (χ4n) is 2.38. The van der Waals surface area contributed by atoms with Crippen LogP contribution in [0, 0.1) is 10.1 Å². The lowest BCUT2D eigenvalue weighted by Gasteiger charge is -2.09. The topological polar surface area (TPSA) is 111 Å². The third-order valence-corrected chi connectivity index (χ3v) is 4.99. The molecule has 0 aliphatic carbocycles. The lowest BCUT2D eigenvalue weighted by Crippen LogP contribution is -2.35. The van der Waals surface area contributed by atoms with Crippen LogP contribution in [-0.4, -0.2) is 42.7 Å². The Labute approximate surface area is 179 Å². The van der Waals surface area contributed by atoms with Crippen molar-refractivity contribution in [2.24, 2.45) is 0 Å². The van der Waals surface area contributed by atoms with Crippen LogP contribution in [0.2, 0.25) is 0 Å². The van der Waals surface area contributed by atoms with Gasteiger partial charge in [-0.1, -0.05) is 0 Å². The highest BCUT2D eigenvalue weighted by atomic mass is 32.2. The molecule has 0 saturated carbocycles. The number of benzene rings is 2. The number of nitrogens with zero attached hydrogens (tertiary/aromatic N) is 1. The van der Waals surface area contributed by atoms with Gasteiger partial charge in [0.25, 0.3) is 11.6 Å². The summed E-state index contributed by atoms with van der Waals surface area (Å²) in [5, 5.41) is 16.2. The highest BCUT2D eigenvalue weighted by Crippen LogP contribution is 2.36. The molecule has 0 bridgehead atoms. The molecule has 0 spiro atoms. The van der Waals surface area contributed by atoms with Gasteiger partial charge < -0.3 is 15.4 Å². The van der Waals surface area contributed by atoms with E-state index in [0.29, 0.717) is 17.4 Å². The number of amides is 2. The van der Waals surface area contributed by atoms with E-state index in [4.69, 9.17) is 4.74 Å². The highest BCUT2D eigenvalue weighted by Gasteiger charge is 2.33. The molecule has 2 rings (SSSR count). The van der Waals surface area contributed by atoms with Crippen LogP contribution in [-0.2, 0) is 11.0 Å². The second kappa shape index (κ2) is 10.7. The number of nitrogens with one attached hydrogen (secondary N) is 2. The Kier molecular flexibility index (Phi) is 8.25. The fourth-order valence-corrected chi connectivity index (χ4v) is 3.21. The molecule has 0 unspecified atom stereocenters. The lowest BCUT2D eigenvalue weighted by atomic mass is 10.2. The van der Waals surface area contributed by atoms with Crippen LogP contribution in [0.15, 0.2) is 47.4 Å². The Balaban J connectivity index is 1.80. The van der Waals surface area contributed by atoms with Crippen molar-refractivity contribution >= 4 is 29.3 Å². The van der Waals surface area contributed by atoms with Crippen LogP contribution in [0.5, 0.6) is 5.75 Å². The van der Waals surface area contributed by atoms with E-state index >= 15 is 0 Å². The molecule has 31 heavy (non-hydrogen) atoms. The molecule has 2 aromatic rings. The number of halogens is 3. The van der Waals surface area contributed by atoms with E-state index in [1.54, 1.807) is 24.3 Å². The van der Waals surface area contributed by atoms with Crippen LogP contribution >= 0.6 is 11.8 Å². The number of rotatable bonds is 9. The number of nitro benzene ring substituents is 1. The van der Waals surface area contributed by atoms with Crippen LogP contribution in [0.1, 0.15) is 15.9 Å². The van der Waals surface area contributed by atoms with Crippen LogP contribution in [0.3, 0.4) is 0 Å². The summed E-state index contributed by atoms with van der Waals surface area (Å²) in [5.41, 5.74) is -1.45. The molecule has 0 aromatic heterocycles. The predicted octanol–water partition coefficient (Wildman–Crippen LogP) is 3.26. The van der Waals surface area contributed by atoms with Crippen LogP contribution < -0.4 is 15.4 Å². The summed E-state index contributed by atoms with van der Waals surface area (Å²) < 4.78 is 43.2. The smallest absolute Gasteiger partial charge is 0.416 e. The molecule has 8 nitrogen and oxygen atoms in total. The largest absolute Gasteiger partial charge is 0.497 e. The minimum atomic E-state index is -4.71. The first-order chi connectivity index (χ1) is 14.6. The van der Waals surface area contributed by atoms with Gasteiger partial charge in [-0.2, -0.15) is 13.2 Å². The van der Waals surface area contributed by atoms with Crippen molar-refractivity contribution in [1.82, 2.24) is 10.6 Å². The minimum absolute atomic E-state index is 0.0547. The Hall–Kier alpha value is -3.28. The van der Waals surface area contributed by atoms with Crippen molar-refractivity contribution in [2.45, 2.75) is 11.1 Å². The lowest BCUT2D eigenvalue weighted by molar-refractivity contribution is -0.388. The van der Waals surface area contributed by atoms with Crippen molar-refractivity contribution in [2.75, 3.05) is 26.0 Å². The molecule has 0 aliphatic heterocycles. The number of hydrogen-bond donors (Lipinski definition) is 2. The van der Waals surface area contributed by atoms with Gasteiger partial charge in [0.1, 0.15) is 5.75 Å². The van der Waals surface area contributed by atoms with Gasteiger partial charge in [-0.25, -0.2) is 0 Å². The average molecular weight is 457 g/mol. The van der Waals surface area contributed by atoms with Gasteiger partial charge >= 0.3 is 6.18 Å². The quantitative estimate of drug-likeness (QED) is 0.259. The summed E-state index contributed by atoms with van der Waals surface area (Å²) in [5.74, 6) is -0.460. The Morgan fingerprint density at radius 1 is 1.10 bits per heavy atom. The molecule has 2 N–H and O–H groups in total. The average Bonchev–Trinajstić information content (AvgIpc) is 2.74. The standard InChI is InChI=1S/C19H18F3N3O5S/c1-30-14-5-2-12(3-6-14)18(27)24-9-8-23-17(26)11-31-16-7-4-13(19(20,21)22)10-15(16)25(28)29/h2-7,10H,8-9,11H2,1H3,(H,23,26)(H,24,27). The third-order valence-electron chi connectivity index (χ3n) is 3.93. The number of ether oxygens (including phenoxy) is 1. The van der Waals surface area contributed by atoms with Crippen molar-refractivity contribution < 1.29 is 32.4 Å². The highest BCUT2D eigenvalue weighted by molar-refractivity contribution is 8.00. The number of hydrogen-bond acceptors (Lipinski definition) is 6. The van der Waals surface area contributed by atoms with Crippen molar-refractivity contribution in [3.05, 3.63) is 63.7 Å². The molecule has 0 atom stereocenters. The summed E-state index contributed by atoms with van der Waals surface area (Å²) in [6, 6.07) is 8.56. The summed E-state index contributed by atoms with van der Waals surface area (Å²) in [7, 11) is 1.51. The number of alkyl halides is 3. The fraction of sp³-hybridized carbons (Fsp3) is 0.263. The molecular weight excluding hydrogens is 439 g/mol. The van der Waals surface area contributed by atoms with Gasteiger partial charge in [0.05, 0.1) is 28.2 Å². The summed E-state index contributed by atoms with van der Waals surface area (Å²) in [6.07, 6.45) is -4.71. The van der Waals surface area contributed by atoms with Gasteiger partial charge in [0.15, 0.2) is 0 Å². The third kappa shape index (κ3) is 7.17. The van der Waals surface area contributed by atoms with Gasteiger partial charge in [-0.05, 0) is 36.4 Å². The molecule has 0 aliphatic rings. The summed E-state index contributed by atoms with van der Waals surface area (Å²) in [6.45, 7) is 0.248. The minimum Gasteiger partial charge on any atom is -0.497 e. The normalized spacial score (nSPS) is 11.0. The second-order valence-electron chi connectivity index (χ2n) is 6.06. The molecule has 0 saturated heterocycles. The Morgan fingerprint density at radius 2 is 1.74 bits per heavy atom. The van der Waals surface area contributed by atoms with Gasteiger partial charge in [-0.3, -0.25) is 19.7 Å². The molecule has 0 heterocycles. The molecule has 166 valence electrons. The molecule has 2 amide bonds. The van der Waals surface area contributed by atoms with Gasteiger partial charge in [0.2, 0.25) is 5.91 Å². The molecule has 0 radical (unpaired) electrons. The van der Waals surface area contributed by atoms with Crippen LogP contribution in [0.25, 0.3) is 0 Å². The number of carbonyl (C=O) groups excluding carboxylic acids is 2. The summed E-state index contributed by atoms with van der Waals surface area (Å²) >= 11 is 0.747. The maximum atomic E-state index is 12.7. The second-order valence-corrected chi connectivity index (χ2v) is 7.08. The van der Waals surface area contributed by atoms with E-state index in [9.17, 15) is 32.9 Å². The number of nitro groups is 1. The first kappa shape index (κ1) is 24.0. The maximum absolute atomic E-state index is 12.7. The maximum Gasteiger partial charge on any atom is 0.416 e. The van der Waals surface area contributed by atoms with Crippen molar-refractivity contribution in [3.63, 3.8) is 0 Å². The molecule has 0 fully saturated rings. The molecule has 12 heteroatoms. The number of methoxy groups -OCH3 is 1. The zero-order valence-electron chi connectivity index (χ0n) is 16.2. The zero-order chi connectivity index (χ0) is 23.0. The predicted molar refractivity (Wildman–Crippen MR) is 107 cm³/mol. The summed E-state index contributed by atoms with van der Waals surface area (Å²) in [4.78, 5) is 34.0. The SMILES string of the molecule is COc1ccc(C(=O)NCCNC(=O)CSc2ccc(C(F)(F)F)cc2[N+](=O)[O-])cc1. The van der Waals surface area contributed by atoms with Crippen molar-refractivity contribution in [1.29, 1.82) is 0 Å². The van der Waals surface area contributed by atoms with Gasteiger partial charge in [0, 0.05) is 24.7 Å². The first-order valence-electron chi connectivity index (χ1n) is 8.79. The van der Waals surface area contributed by atoms with E-state index in [1.165, 1.54) is 7.11 Å². The zero-order valence-corrected chi connectivity index (χ0v) is 17.0. The first-order valence-corrected chi connectivity index (χ1v) is 9.77. The van der Waals surface area contributed by atoms with E-state index in [-0.39, 0.29) is 29.6 Å². The molecule has 2 aromatic carbocycles. The van der Waals surface area contributed by atoms with Gasteiger partial charge in [-0.15, -0.1) is 11.8 Å². The van der Waals surface area contributed by atoms with E-state index < -0.39 is 28.3 Å². The van der Waals surface area contributed by atoms with Crippen molar-refractivity contribution in [3.8, 4) is 5.75 Å².